The molecule has 3 aromatic rings. The standard InChI is InChI=1S/C27H27F3N4O3/c1-32-14-6-9-23(32)22-17-24(19-7-4-3-5-8-19)34(31-22)25(35)18-33(15-16-37-2)26(36)20-10-12-21(13-11-20)27(28,29)30/h3-14,24H,15-18H2,1-2H3. The molecule has 1 aliphatic rings. The van der Waals surface area contributed by atoms with Crippen LogP contribution in [-0.4, -0.2) is 58.8 Å². The van der Waals surface area contributed by atoms with E-state index in [4.69, 9.17) is 4.74 Å². The number of nitrogens with zero attached hydrogens (tertiary/aromatic N) is 4. The average molecular weight is 513 g/mol. The Hall–Kier alpha value is -3.92. The Labute approximate surface area is 212 Å². The van der Waals surface area contributed by atoms with Crippen LogP contribution in [0.3, 0.4) is 0 Å². The molecular weight excluding hydrogens is 485 g/mol. The Morgan fingerprint density at radius 2 is 1.76 bits per heavy atom. The second kappa shape index (κ2) is 11.0. The maximum Gasteiger partial charge on any atom is 0.416 e. The van der Waals surface area contributed by atoms with Gasteiger partial charge in [-0.25, -0.2) is 5.01 Å². The SMILES string of the molecule is COCCN(CC(=O)N1N=C(c2cccn2C)CC1c1ccccc1)C(=O)c1ccc(C(F)(F)F)cc1. The van der Waals surface area contributed by atoms with Crippen LogP contribution in [0.25, 0.3) is 0 Å². The molecule has 0 saturated heterocycles. The predicted molar refractivity (Wildman–Crippen MR) is 132 cm³/mol. The van der Waals surface area contributed by atoms with Crippen LogP contribution < -0.4 is 0 Å². The highest BCUT2D eigenvalue weighted by atomic mass is 19.4. The first-order valence-corrected chi connectivity index (χ1v) is 11.7. The van der Waals surface area contributed by atoms with Gasteiger partial charge >= 0.3 is 6.18 Å². The molecule has 0 radical (unpaired) electrons. The van der Waals surface area contributed by atoms with Gasteiger partial charge in [0.1, 0.15) is 6.54 Å². The third-order valence-electron chi connectivity index (χ3n) is 6.23. The first kappa shape index (κ1) is 26.2. The fourth-order valence-electron chi connectivity index (χ4n) is 4.26. The molecule has 0 bridgehead atoms. The molecule has 2 amide bonds. The van der Waals surface area contributed by atoms with Crippen molar-refractivity contribution in [1.82, 2.24) is 14.5 Å². The highest BCUT2D eigenvalue weighted by Crippen LogP contribution is 2.33. The zero-order valence-corrected chi connectivity index (χ0v) is 20.5. The Bertz CT molecular complexity index is 1270. The molecule has 4 rings (SSSR count). The van der Waals surface area contributed by atoms with Crippen molar-refractivity contribution in [1.29, 1.82) is 0 Å². The lowest BCUT2D eigenvalue weighted by molar-refractivity contribution is -0.137. The number of methoxy groups -OCH3 is 1. The monoisotopic (exact) mass is 512 g/mol. The van der Waals surface area contributed by atoms with Crippen molar-refractivity contribution in [2.75, 3.05) is 26.8 Å². The molecule has 0 N–H and O–H groups in total. The van der Waals surface area contributed by atoms with Gasteiger partial charge in [-0.15, -0.1) is 0 Å². The maximum absolute atomic E-state index is 13.6. The van der Waals surface area contributed by atoms with Crippen molar-refractivity contribution in [3.8, 4) is 0 Å². The number of hydrogen-bond acceptors (Lipinski definition) is 4. The number of carbonyl (C=O) groups is 2. The number of amides is 2. The van der Waals surface area contributed by atoms with E-state index in [0.717, 1.165) is 41.2 Å². The molecule has 0 aliphatic carbocycles. The summed E-state index contributed by atoms with van der Waals surface area (Å²) in [5.74, 6) is -0.976. The van der Waals surface area contributed by atoms with Gasteiger partial charge < -0.3 is 14.2 Å². The Kier molecular flexibility index (Phi) is 7.77. The minimum atomic E-state index is -4.51. The zero-order valence-electron chi connectivity index (χ0n) is 20.5. The molecule has 0 spiro atoms. The van der Waals surface area contributed by atoms with Crippen molar-refractivity contribution >= 4 is 17.5 Å². The number of ether oxygens (including phenoxy) is 1. The van der Waals surface area contributed by atoms with E-state index in [1.54, 1.807) is 0 Å². The smallest absolute Gasteiger partial charge is 0.383 e. The van der Waals surface area contributed by atoms with Crippen molar-refractivity contribution in [2.24, 2.45) is 12.1 Å². The fourth-order valence-corrected chi connectivity index (χ4v) is 4.26. The lowest BCUT2D eigenvalue weighted by Gasteiger charge is -2.27. The van der Waals surface area contributed by atoms with Gasteiger partial charge in [0.25, 0.3) is 11.8 Å². The summed E-state index contributed by atoms with van der Waals surface area (Å²) in [5.41, 5.74) is 1.72. The highest BCUT2D eigenvalue weighted by Gasteiger charge is 2.35. The van der Waals surface area contributed by atoms with Gasteiger partial charge in [0.15, 0.2) is 0 Å². The first-order valence-electron chi connectivity index (χ1n) is 11.7. The number of hydrogen-bond donors (Lipinski definition) is 0. The number of alkyl halides is 3. The van der Waals surface area contributed by atoms with Crippen LogP contribution in [0.5, 0.6) is 0 Å². The van der Waals surface area contributed by atoms with Crippen molar-refractivity contribution < 1.29 is 27.5 Å². The first-order chi connectivity index (χ1) is 17.7. The molecule has 0 fully saturated rings. The Balaban J connectivity index is 1.59. The Morgan fingerprint density at radius 1 is 1.05 bits per heavy atom. The molecule has 1 unspecified atom stereocenters. The molecule has 0 saturated carbocycles. The van der Waals surface area contributed by atoms with Crippen LogP contribution >= 0.6 is 0 Å². The molecule has 2 aromatic carbocycles. The van der Waals surface area contributed by atoms with E-state index in [2.05, 4.69) is 5.10 Å². The minimum absolute atomic E-state index is 0.0472. The van der Waals surface area contributed by atoms with E-state index in [-0.39, 0.29) is 31.3 Å². The van der Waals surface area contributed by atoms with E-state index in [0.29, 0.717) is 6.42 Å². The number of benzene rings is 2. The molecule has 37 heavy (non-hydrogen) atoms. The lowest BCUT2D eigenvalue weighted by Crippen LogP contribution is -2.42. The van der Waals surface area contributed by atoms with Gasteiger partial charge in [-0.1, -0.05) is 30.3 Å². The minimum Gasteiger partial charge on any atom is -0.383 e. The van der Waals surface area contributed by atoms with Gasteiger partial charge in [0.05, 0.1) is 29.6 Å². The number of rotatable bonds is 8. The molecular formula is C27H27F3N4O3. The topological polar surface area (TPSA) is 67.1 Å². The van der Waals surface area contributed by atoms with Crippen LogP contribution in [0, 0.1) is 0 Å². The van der Waals surface area contributed by atoms with Crippen LogP contribution in [0.1, 0.15) is 39.6 Å². The summed E-state index contributed by atoms with van der Waals surface area (Å²) in [6.45, 7) is -0.0730. The lowest BCUT2D eigenvalue weighted by atomic mass is 10.0. The van der Waals surface area contributed by atoms with Gasteiger partial charge in [-0.3, -0.25) is 9.59 Å². The molecule has 1 aliphatic heterocycles. The average Bonchev–Trinajstić information content (AvgIpc) is 3.52. The van der Waals surface area contributed by atoms with Crippen LogP contribution in [0.15, 0.2) is 78.0 Å². The fraction of sp³-hybridized carbons (Fsp3) is 0.296. The molecule has 7 nitrogen and oxygen atoms in total. The molecule has 2 heterocycles. The van der Waals surface area contributed by atoms with E-state index in [1.807, 2.05) is 60.3 Å². The largest absolute Gasteiger partial charge is 0.416 e. The summed E-state index contributed by atoms with van der Waals surface area (Å²) >= 11 is 0. The number of aryl methyl sites for hydroxylation is 1. The summed E-state index contributed by atoms with van der Waals surface area (Å²) < 4.78 is 45.9. The summed E-state index contributed by atoms with van der Waals surface area (Å²) in [4.78, 5) is 28.0. The van der Waals surface area contributed by atoms with E-state index < -0.39 is 23.6 Å². The van der Waals surface area contributed by atoms with Crippen molar-refractivity contribution in [3.05, 3.63) is 95.3 Å². The molecule has 1 atom stereocenters. The van der Waals surface area contributed by atoms with Gasteiger partial charge in [0.2, 0.25) is 0 Å². The summed E-state index contributed by atoms with van der Waals surface area (Å²) in [5, 5.41) is 6.04. The van der Waals surface area contributed by atoms with Crippen molar-refractivity contribution in [2.45, 2.75) is 18.6 Å². The normalized spacial score (nSPS) is 15.5. The second-order valence-corrected chi connectivity index (χ2v) is 8.71. The number of aromatic nitrogens is 1. The molecule has 1 aromatic heterocycles. The number of halogens is 3. The van der Waals surface area contributed by atoms with E-state index in [9.17, 15) is 22.8 Å². The third-order valence-corrected chi connectivity index (χ3v) is 6.23. The maximum atomic E-state index is 13.6. The highest BCUT2D eigenvalue weighted by molar-refractivity contribution is 6.02. The summed E-state index contributed by atoms with van der Waals surface area (Å²) in [7, 11) is 3.36. The van der Waals surface area contributed by atoms with Gasteiger partial charge in [0, 0.05) is 38.9 Å². The van der Waals surface area contributed by atoms with E-state index >= 15 is 0 Å². The summed E-state index contributed by atoms with van der Waals surface area (Å²) in [6, 6.07) is 16.9. The molecule has 10 heteroatoms. The van der Waals surface area contributed by atoms with Crippen LogP contribution in [-0.2, 0) is 22.8 Å². The quantitative estimate of drug-likeness (QED) is 0.446. The third kappa shape index (κ3) is 5.91. The number of hydrazone groups is 1. The number of carbonyl (C=O) groups excluding carboxylic acids is 2. The van der Waals surface area contributed by atoms with E-state index in [1.165, 1.54) is 17.0 Å². The zero-order chi connectivity index (χ0) is 26.6. The molecule has 194 valence electrons. The predicted octanol–water partition coefficient (Wildman–Crippen LogP) is 4.51. The van der Waals surface area contributed by atoms with Crippen LogP contribution in [0.2, 0.25) is 0 Å². The van der Waals surface area contributed by atoms with Crippen molar-refractivity contribution in [3.63, 3.8) is 0 Å². The summed E-state index contributed by atoms with van der Waals surface area (Å²) in [6.07, 6.45) is -2.11. The van der Waals surface area contributed by atoms with Gasteiger partial charge in [-0.05, 0) is 42.0 Å². The van der Waals surface area contributed by atoms with Gasteiger partial charge in [-0.2, -0.15) is 18.3 Å². The van der Waals surface area contributed by atoms with Crippen LogP contribution in [0.4, 0.5) is 13.2 Å². The second-order valence-electron chi connectivity index (χ2n) is 8.71. The Morgan fingerprint density at radius 3 is 2.35 bits per heavy atom.